The first-order chi connectivity index (χ1) is 8.45. The van der Waals surface area contributed by atoms with Gasteiger partial charge in [-0.15, -0.1) is 0 Å². The third kappa shape index (κ3) is 4.16. The lowest BCUT2D eigenvalue weighted by molar-refractivity contribution is -0.138. The van der Waals surface area contributed by atoms with Gasteiger partial charge in [0, 0.05) is 12.6 Å². The highest BCUT2D eigenvalue weighted by molar-refractivity contribution is 6.42. The van der Waals surface area contributed by atoms with Crippen LogP contribution in [0, 0.1) is 0 Å². The fourth-order valence-corrected chi connectivity index (χ4v) is 2.23. The Morgan fingerprint density at radius 2 is 2.11 bits per heavy atom. The van der Waals surface area contributed by atoms with Crippen molar-refractivity contribution in [1.29, 1.82) is 0 Å². The molecule has 0 aliphatic heterocycles. The van der Waals surface area contributed by atoms with Crippen molar-refractivity contribution < 1.29 is 9.90 Å². The molecule has 1 atom stereocenters. The third-order valence-corrected chi connectivity index (χ3v) is 3.76. The lowest BCUT2D eigenvalue weighted by Crippen LogP contribution is -2.34. The van der Waals surface area contributed by atoms with Gasteiger partial charge in [0.15, 0.2) is 0 Å². The van der Waals surface area contributed by atoms with E-state index >= 15 is 0 Å². The van der Waals surface area contributed by atoms with E-state index in [1.807, 2.05) is 26.0 Å². The van der Waals surface area contributed by atoms with Gasteiger partial charge in [-0.2, -0.15) is 0 Å². The summed E-state index contributed by atoms with van der Waals surface area (Å²) >= 11 is 12.1. The molecule has 3 nitrogen and oxygen atoms in total. The Kier molecular flexibility index (Phi) is 5.93. The van der Waals surface area contributed by atoms with E-state index in [1.165, 1.54) is 0 Å². The Hall–Kier alpha value is -0.770. The predicted molar refractivity (Wildman–Crippen MR) is 74.3 cm³/mol. The molecule has 1 N–H and O–H groups in total. The summed E-state index contributed by atoms with van der Waals surface area (Å²) in [5, 5.41) is 9.89. The Bertz CT molecular complexity index is 423. The van der Waals surface area contributed by atoms with Gasteiger partial charge in [0.25, 0.3) is 0 Å². The van der Waals surface area contributed by atoms with E-state index in [9.17, 15) is 4.79 Å². The molecule has 0 heterocycles. The zero-order chi connectivity index (χ0) is 13.7. The van der Waals surface area contributed by atoms with Gasteiger partial charge in [-0.05, 0) is 25.1 Å². The molecule has 1 rings (SSSR count). The van der Waals surface area contributed by atoms with Crippen LogP contribution in [0.1, 0.15) is 25.8 Å². The summed E-state index contributed by atoms with van der Waals surface area (Å²) in [7, 11) is 0. The number of rotatable bonds is 6. The monoisotopic (exact) mass is 289 g/mol. The van der Waals surface area contributed by atoms with Crippen LogP contribution in [0.15, 0.2) is 18.2 Å². The van der Waals surface area contributed by atoms with E-state index in [0.29, 0.717) is 16.6 Å². The summed E-state index contributed by atoms with van der Waals surface area (Å²) < 4.78 is 0. The van der Waals surface area contributed by atoms with Crippen LogP contribution in [0.3, 0.4) is 0 Å². The number of benzene rings is 1. The van der Waals surface area contributed by atoms with E-state index in [-0.39, 0.29) is 12.5 Å². The number of hydrogen-bond donors (Lipinski definition) is 1. The number of carboxylic acid groups (broad SMARTS) is 1. The Morgan fingerprint density at radius 1 is 1.44 bits per heavy atom. The van der Waals surface area contributed by atoms with Crippen molar-refractivity contribution in [3.05, 3.63) is 33.8 Å². The first-order valence-corrected chi connectivity index (χ1v) is 6.60. The molecule has 0 saturated carbocycles. The average molecular weight is 290 g/mol. The van der Waals surface area contributed by atoms with Crippen molar-refractivity contribution >= 4 is 29.2 Å². The lowest BCUT2D eigenvalue weighted by Gasteiger charge is -2.27. The molecule has 0 aliphatic carbocycles. The highest BCUT2D eigenvalue weighted by Gasteiger charge is 2.17. The second-order valence-electron chi connectivity index (χ2n) is 4.22. The van der Waals surface area contributed by atoms with Crippen LogP contribution >= 0.6 is 23.2 Å². The number of halogens is 2. The molecule has 5 heteroatoms. The SMILES string of the molecule is CCN(Cc1cccc(Cl)c1Cl)C(C)CC(=O)O. The summed E-state index contributed by atoms with van der Waals surface area (Å²) in [6, 6.07) is 5.45. The van der Waals surface area contributed by atoms with Gasteiger partial charge in [0.05, 0.1) is 16.5 Å². The number of carbonyl (C=O) groups is 1. The zero-order valence-corrected chi connectivity index (χ0v) is 12.0. The van der Waals surface area contributed by atoms with E-state index in [2.05, 4.69) is 4.90 Å². The minimum absolute atomic E-state index is 0.0393. The molecule has 0 aliphatic rings. The van der Waals surface area contributed by atoms with Crippen molar-refractivity contribution in [3.63, 3.8) is 0 Å². The van der Waals surface area contributed by atoms with Crippen LogP contribution in [0.4, 0.5) is 0 Å². The number of hydrogen-bond acceptors (Lipinski definition) is 2. The molecule has 0 aromatic heterocycles. The molecule has 1 aromatic carbocycles. The standard InChI is InChI=1S/C13H17Cl2NO2/c1-3-16(9(2)7-12(17)18)8-10-5-4-6-11(14)13(10)15/h4-6,9H,3,7-8H2,1-2H3,(H,17,18). The first-order valence-electron chi connectivity index (χ1n) is 5.84. The number of nitrogens with zero attached hydrogens (tertiary/aromatic N) is 1. The Morgan fingerprint density at radius 3 is 2.67 bits per heavy atom. The molecule has 0 spiro atoms. The predicted octanol–water partition coefficient (Wildman–Crippen LogP) is 3.68. The highest BCUT2D eigenvalue weighted by Crippen LogP contribution is 2.27. The molecule has 1 aromatic rings. The molecule has 18 heavy (non-hydrogen) atoms. The molecule has 0 saturated heterocycles. The van der Waals surface area contributed by atoms with Crippen molar-refractivity contribution in [3.8, 4) is 0 Å². The molecule has 0 bridgehead atoms. The quantitative estimate of drug-likeness (QED) is 0.868. The van der Waals surface area contributed by atoms with Gasteiger partial charge in [-0.1, -0.05) is 42.3 Å². The molecular formula is C13H17Cl2NO2. The summed E-state index contributed by atoms with van der Waals surface area (Å²) in [6.45, 7) is 5.26. The fourth-order valence-electron chi connectivity index (χ4n) is 1.85. The highest BCUT2D eigenvalue weighted by atomic mass is 35.5. The van der Waals surface area contributed by atoms with Crippen LogP contribution in [-0.4, -0.2) is 28.6 Å². The van der Waals surface area contributed by atoms with Crippen molar-refractivity contribution in [2.75, 3.05) is 6.54 Å². The Labute approximate surface area is 117 Å². The molecule has 100 valence electrons. The van der Waals surface area contributed by atoms with Crippen LogP contribution < -0.4 is 0 Å². The van der Waals surface area contributed by atoms with Gasteiger partial charge in [-0.3, -0.25) is 9.69 Å². The molecular weight excluding hydrogens is 273 g/mol. The zero-order valence-electron chi connectivity index (χ0n) is 10.5. The maximum atomic E-state index is 10.7. The normalized spacial score (nSPS) is 12.7. The summed E-state index contributed by atoms with van der Waals surface area (Å²) in [4.78, 5) is 12.8. The third-order valence-electron chi connectivity index (χ3n) is 2.90. The summed E-state index contributed by atoms with van der Waals surface area (Å²) in [5.41, 5.74) is 0.920. The van der Waals surface area contributed by atoms with Gasteiger partial charge < -0.3 is 5.11 Å². The first kappa shape index (κ1) is 15.3. The van der Waals surface area contributed by atoms with E-state index in [1.54, 1.807) is 6.07 Å². The number of carboxylic acids is 1. The van der Waals surface area contributed by atoms with Crippen LogP contribution in [0.25, 0.3) is 0 Å². The van der Waals surface area contributed by atoms with Gasteiger partial charge in [0.1, 0.15) is 0 Å². The maximum Gasteiger partial charge on any atom is 0.304 e. The van der Waals surface area contributed by atoms with Crippen molar-refractivity contribution in [1.82, 2.24) is 4.90 Å². The smallest absolute Gasteiger partial charge is 0.304 e. The average Bonchev–Trinajstić information content (AvgIpc) is 2.30. The lowest BCUT2D eigenvalue weighted by atomic mass is 10.1. The summed E-state index contributed by atoms with van der Waals surface area (Å²) in [6.07, 6.45) is 0.117. The topological polar surface area (TPSA) is 40.5 Å². The van der Waals surface area contributed by atoms with Crippen LogP contribution in [0.2, 0.25) is 10.0 Å². The van der Waals surface area contributed by atoms with E-state index in [4.69, 9.17) is 28.3 Å². The number of aliphatic carboxylic acids is 1. The van der Waals surface area contributed by atoms with Gasteiger partial charge in [0.2, 0.25) is 0 Å². The minimum Gasteiger partial charge on any atom is -0.481 e. The molecule has 0 radical (unpaired) electrons. The van der Waals surface area contributed by atoms with Crippen LogP contribution in [-0.2, 0) is 11.3 Å². The van der Waals surface area contributed by atoms with Crippen molar-refractivity contribution in [2.45, 2.75) is 32.9 Å². The summed E-state index contributed by atoms with van der Waals surface area (Å²) in [5.74, 6) is -0.793. The molecule has 0 amide bonds. The Balaban J connectivity index is 2.79. The largest absolute Gasteiger partial charge is 0.481 e. The van der Waals surface area contributed by atoms with Crippen molar-refractivity contribution in [2.24, 2.45) is 0 Å². The second-order valence-corrected chi connectivity index (χ2v) is 5.01. The minimum atomic E-state index is -0.793. The maximum absolute atomic E-state index is 10.7. The van der Waals surface area contributed by atoms with Crippen LogP contribution in [0.5, 0.6) is 0 Å². The fraction of sp³-hybridized carbons (Fsp3) is 0.462. The van der Waals surface area contributed by atoms with E-state index in [0.717, 1.165) is 12.1 Å². The van der Waals surface area contributed by atoms with E-state index < -0.39 is 5.97 Å². The van der Waals surface area contributed by atoms with Gasteiger partial charge in [-0.25, -0.2) is 0 Å². The molecule has 1 unspecified atom stereocenters. The molecule has 0 fully saturated rings. The second kappa shape index (κ2) is 6.98. The van der Waals surface area contributed by atoms with Gasteiger partial charge >= 0.3 is 5.97 Å².